The summed E-state index contributed by atoms with van der Waals surface area (Å²) in [5.41, 5.74) is 3.75. The predicted molar refractivity (Wildman–Crippen MR) is 105 cm³/mol. The highest BCUT2D eigenvalue weighted by Gasteiger charge is 2.11. The Kier molecular flexibility index (Phi) is 6.36. The highest BCUT2D eigenvalue weighted by Crippen LogP contribution is 2.19. The van der Waals surface area contributed by atoms with Gasteiger partial charge in [-0.05, 0) is 29.2 Å². The molecule has 0 aliphatic carbocycles. The van der Waals surface area contributed by atoms with Crippen LogP contribution in [-0.2, 0) is 27.2 Å². The van der Waals surface area contributed by atoms with Gasteiger partial charge in [0.1, 0.15) is 0 Å². The second-order valence-electron chi connectivity index (χ2n) is 6.19. The Labute approximate surface area is 158 Å². The zero-order valence-corrected chi connectivity index (χ0v) is 14.9. The molecule has 0 saturated carbocycles. The van der Waals surface area contributed by atoms with Crippen LogP contribution in [0.5, 0.6) is 0 Å². The average Bonchev–Trinajstić information content (AvgIpc) is 2.69. The molecule has 4 heteroatoms. The molecule has 0 aliphatic heterocycles. The fourth-order valence-electron chi connectivity index (χ4n) is 2.76. The SMILES string of the molecule is O=C(COC(=O)Cc1ccccc1)Nc1ccccc1Cc1ccccc1. The molecule has 0 heterocycles. The van der Waals surface area contributed by atoms with E-state index < -0.39 is 5.97 Å². The molecule has 0 atom stereocenters. The third kappa shape index (κ3) is 5.82. The minimum absolute atomic E-state index is 0.152. The number of carbonyl (C=O) groups is 2. The number of hydrogen-bond acceptors (Lipinski definition) is 3. The summed E-state index contributed by atoms with van der Waals surface area (Å²) in [4.78, 5) is 24.1. The van der Waals surface area contributed by atoms with E-state index in [1.807, 2.05) is 84.9 Å². The molecule has 1 N–H and O–H groups in total. The van der Waals surface area contributed by atoms with Gasteiger partial charge in [-0.1, -0.05) is 78.9 Å². The number of rotatable bonds is 7. The van der Waals surface area contributed by atoms with Crippen LogP contribution >= 0.6 is 0 Å². The van der Waals surface area contributed by atoms with Crippen molar-refractivity contribution in [2.45, 2.75) is 12.8 Å². The van der Waals surface area contributed by atoms with Crippen molar-refractivity contribution < 1.29 is 14.3 Å². The van der Waals surface area contributed by atoms with Crippen LogP contribution < -0.4 is 5.32 Å². The molecule has 4 nitrogen and oxygen atoms in total. The summed E-state index contributed by atoms with van der Waals surface area (Å²) in [6, 6.07) is 27.0. The third-order valence-electron chi connectivity index (χ3n) is 4.08. The van der Waals surface area contributed by atoms with E-state index in [2.05, 4.69) is 5.32 Å². The van der Waals surface area contributed by atoms with Crippen molar-refractivity contribution in [1.29, 1.82) is 0 Å². The topological polar surface area (TPSA) is 55.4 Å². The largest absolute Gasteiger partial charge is 0.455 e. The van der Waals surface area contributed by atoms with Gasteiger partial charge >= 0.3 is 5.97 Å². The van der Waals surface area contributed by atoms with Gasteiger partial charge in [-0.15, -0.1) is 0 Å². The smallest absolute Gasteiger partial charge is 0.310 e. The first-order chi connectivity index (χ1) is 13.2. The van der Waals surface area contributed by atoms with E-state index in [4.69, 9.17) is 4.74 Å². The second-order valence-corrected chi connectivity index (χ2v) is 6.19. The summed E-state index contributed by atoms with van der Waals surface area (Å²) in [6.07, 6.45) is 0.865. The Balaban J connectivity index is 1.54. The summed E-state index contributed by atoms with van der Waals surface area (Å²) in [6.45, 7) is -0.300. The van der Waals surface area contributed by atoms with Crippen molar-refractivity contribution in [2.24, 2.45) is 0 Å². The number of benzene rings is 3. The molecule has 1 amide bonds. The normalized spacial score (nSPS) is 10.2. The first kappa shape index (κ1) is 18.4. The Bertz CT molecular complexity index is 892. The summed E-state index contributed by atoms with van der Waals surface area (Å²) in [5.74, 6) is -0.772. The Morgan fingerprint density at radius 2 is 1.33 bits per heavy atom. The lowest BCUT2D eigenvalue weighted by Gasteiger charge is -2.11. The van der Waals surface area contributed by atoms with Gasteiger partial charge in [0, 0.05) is 5.69 Å². The van der Waals surface area contributed by atoms with Crippen molar-refractivity contribution in [2.75, 3.05) is 11.9 Å². The van der Waals surface area contributed by atoms with E-state index >= 15 is 0 Å². The maximum absolute atomic E-state index is 12.2. The molecule has 27 heavy (non-hydrogen) atoms. The molecular formula is C23H21NO3. The third-order valence-corrected chi connectivity index (χ3v) is 4.08. The van der Waals surface area contributed by atoms with Crippen LogP contribution in [0.3, 0.4) is 0 Å². The summed E-state index contributed by atoms with van der Waals surface area (Å²) >= 11 is 0. The van der Waals surface area contributed by atoms with Crippen LogP contribution in [0, 0.1) is 0 Å². The fourth-order valence-corrected chi connectivity index (χ4v) is 2.76. The van der Waals surface area contributed by atoms with Gasteiger partial charge in [0.2, 0.25) is 0 Å². The molecule has 0 unspecified atom stereocenters. The molecule has 3 aromatic carbocycles. The van der Waals surface area contributed by atoms with Crippen molar-refractivity contribution in [3.63, 3.8) is 0 Å². The zero-order valence-electron chi connectivity index (χ0n) is 14.9. The molecule has 0 spiro atoms. The number of carbonyl (C=O) groups excluding carboxylic acids is 2. The van der Waals surface area contributed by atoms with E-state index in [0.29, 0.717) is 6.42 Å². The summed E-state index contributed by atoms with van der Waals surface area (Å²) in [7, 11) is 0. The predicted octanol–water partition coefficient (Wildman–Crippen LogP) is 4.00. The molecule has 0 bridgehead atoms. The minimum atomic E-state index is -0.422. The maximum Gasteiger partial charge on any atom is 0.310 e. The summed E-state index contributed by atoms with van der Waals surface area (Å²) < 4.78 is 5.09. The van der Waals surface area contributed by atoms with Gasteiger partial charge in [0.05, 0.1) is 6.42 Å². The van der Waals surface area contributed by atoms with Crippen molar-refractivity contribution in [3.05, 3.63) is 102 Å². The average molecular weight is 359 g/mol. The Morgan fingerprint density at radius 1 is 0.741 bits per heavy atom. The molecule has 0 saturated heterocycles. The molecule has 0 aliphatic rings. The molecular weight excluding hydrogens is 338 g/mol. The number of amides is 1. The van der Waals surface area contributed by atoms with Gasteiger partial charge in [-0.3, -0.25) is 9.59 Å². The highest BCUT2D eigenvalue weighted by molar-refractivity contribution is 5.93. The van der Waals surface area contributed by atoms with Gasteiger partial charge in [0.15, 0.2) is 6.61 Å². The number of esters is 1. The fraction of sp³-hybridized carbons (Fsp3) is 0.130. The molecule has 136 valence electrons. The van der Waals surface area contributed by atoms with E-state index in [1.165, 1.54) is 0 Å². The van der Waals surface area contributed by atoms with Crippen LogP contribution in [0.4, 0.5) is 5.69 Å². The molecule has 3 rings (SSSR count). The lowest BCUT2D eigenvalue weighted by molar-refractivity contribution is -0.146. The molecule has 0 radical (unpaired) electrons. The molecule has 3 aromatic rings. The van der Waals surface area contributed by atoms with Crippen molar-refractivity contribution in [3.8, 4) is 0 Å². The van der Waals surface area contributed by atoms with Crippen LogP contribution in [0.25, 0.3) is 0 Å². The van der Waals surface area contributed by atoms with E-state index in [1.54, 1.807) is 0 Å². The lowest BCUT2D eigenvalue weighted by Crippen LogP contribution is -2.22. The quantitative estimate of drug-likeness (QED) is 0.649. The monoisotopic (exact) mass is 359 g/mol. The highest BCUT2D eigenvalue weighted by atomic mass is 16.5. The second kappa shape index (κ2) is 9.34. The standard InChI is InChI=1S/C23H21NO3/c25-22(17-27-23(26)16-19-11-5-2-6-12-19)24-21-14-8-7-13-20(21)15-18-9-3-1-4-10-18/h1-14H,15-17H2,(H,24,25). The molecule has 0 aromatic heterocycles. The van der Waals surface area contributed by atoms with E-state index in [-0.39, 0.29) is 18.9 Å². The molecule has 0 fully saturated rings. The van der Waals surface area contributed by atoms with Crippen LogP contribution in [-0.4, -0.2) is 18.5 Å². The number of ether oxygens (including phenoxy) is 1. The zero-order chi connectivity index (χ0) is 18.9. The number of para-hydroxylation sites is 1. The van der Waals surface area contributed by atoms with Crippen molar-refractivity contribution >= 4 is 17.6 Å². The van der Waals surface area contributed by atoms with Crippen LogP contribution in [0.2, 0.25) is 0 Å². The van der Waals surface area contributed by atoms with E-state index in [0.717, 1.165) is 22.4 Å². The van der Waals surface area contributed by atoms with E-state index in [9.17, 15) is 9.59 Å². The lowest BCUT2D eigenvalue weighted by atomic mass is 10.0. The first-order valence-corrected chi connectivity index (χ1v) is 8.82. The Morgan fingerprint density at radius 3 is 2.04 bits per heavy atom. The first-order valence-electron chi connectivity index (χ1n) is 8.82. The minimum Gasteiger partial charge on any atom is -0.455 e. The number of hydrogen-bond donors (Lipinski definition) is 1. The van der Waals surface area contributed by atoms with Crippen molar-refractivity contribution in [1.82, 2.24) is 0 Å². The van der Waals surface area contributed by atoms with Gasteiger partial charge in [-0.25, -0.2) is 0 Å². The van der Waals surface area contributed by atoms with Gasteiger partial charge in [0.25, 0.3) is 5.91 Å². The number of nitrogens with one attached hydrogen (secondary N) is 1. The van der Waals surface area contributed by atoms with Crippen LogP contribution in [0.1, 0.15) is 16.7 Å². The number of anilines is 1. The van der Waals surface area contributed by atoms with Gasteiger partial charge < -0.3 is 10.1 Å². The Hall–Kier alpha value is -3.40. The van der Waals surface area contributed by atoms with Gasteiger partial charge in [-0.2, -0.15) is 0 Å². The maximum atomic E-state index is 12.2. The van der Waals surface area contributed by atoms with Crippen LogP contribution in [0.15, 0.2) is 84.9 Å². The summed E-state index contributed by atoms with van der Waals surface area (Å²) in [5, 5.41) is 2.83.